The molecule has 1 aromatic heterocycles. The number of methoxy groups -OCH3 is 1. The van der Waals surface area contributed by atoms with Gasteiger partial charge in [-0.2, -0.15) is 0 Å². The Morgan fingerprint density at radius 3 is 2.52 bits per heavy atom. The number of rotatable bonds is 8. The van der Waals surface area contributed by atoms with Crippen LogP contribution in [0.25, 0.3) is 0 Å². The molecule has 0 spiro atoms. The van der Waals surface area contributed by atoms with Crippen LogP contribution < -0.4 is 19.7 Å². The van der Waals surface area contributed by atoms with E-state index in [0.29, 0.717) is 0 Å². The zero-order valence-electron chi connectivity index (χ0n) is 16.4. The smallest absolute Gasteiger partial charge is 0.161 e. The molecule has 6 heteroatoms. The molecule has 0 radical (unpaired) electrons. The third-order valence-corrected chi connectivity index (χ3v) is 4.39. The number of hydrogen-bond donors (Lipinski definition) is 1. The Kier molecular flexibility index (Phi) is 6.90. The summed E-state index contributed by atoms with van der Waals surface area (Å²) in [5.74, 6) is 2.57. The Morgan fingerprint density at radius 1 is 1.07 bits per heavy atom. The standard InChI is InChI=1S/C21H29N3O3/c1-16(2)27-19-5-4-17(12-20(19)25-3)14-22-15-18-6-7-23-21(13-18)24-8-10-26-11-9-24/h4-7,12-13,16,22H,8-11,14-15H2,1-3H3. The predicted octanol–water partition coefficient (Wildman–Crippen LogP) is 3.00. The molecule has 1 aliphatic heterocycles. The number of ether oxygens (including phenoxy) is 3. The highest BCUT2D eigenvalue weighted by atomic mass is 16.5. The molecule has 1 aromatic carbocycles. The van der Waals surface area contributed by atoms with Gasteiger partial charge in [0, 0.05) is 32.4 Å². The van der Waals surface area contributed by atoms with E-state index in [-0.39, 0.29) is 6.10 Å². The van der Waals surface area contributed by atoms with Crippen molar-refractivity contribution in [2.75, 3.05) is 38.3 Å². The third kappa shape index (κ3) is 5.58. The molecule has 2 heterocycles. The second-order valence-corrected chi connectivity index (χ2v) is 6.88. The van der Waals surface area contributed by atoms with Crippen LogP contribution in [0.1, 0.15) is 25.0 Å². The van der Waals surface area contributed by atoms with Crippen molar-refractivity contribution in [1.82, 2.24) is 10.3 Å². The normalized spacial score (nSPS) is 14.4. The molecule has 2 aromatic rings. The molecule has 0 atom stereocenters. The highest BCUT2D eigenvalue weighted by molar-refractivity contribution is 5.43. The van der Waals surface area contributed by atoms with E-state index in [9.17, 15) is 0 Å². The Labute approximate surface area is 161 Å². The molecule has 0 amide bonds. The lowest BCUT2D eigenvalue weighted by molar-refractivity contribution is 0.122. The number of pyridine rings is 1. The number of benzene rings is 1. The number of nitrogens with one attached hydrogen (secondary N) is 1. The summed E-state index contributed by atoms with van der Waals surface area (Å²) in [5, 5.41) is 3.49. The lowest BCUT2D eigenvalue weighted by Gasteiger charge is -2.28. The van der Waals surface area contributed by atoms with Crippen LogP contribution >= 0.6 is 0 Å². The maximum atomic E-state index is 5.77. The largest absolute Gasteiger partial charge is 0.493 e. The summed E-state index contributed by atoms with van der Waals surface area (Å²) in [7, 11) is 1.67. The molecule has 0 bridgehead atoms. The average Bonchev–Trinajstić information content (AvgIpc) is 2.69. The zero-order chi connectivity index (χ0) is 19.1. The Balaban J connectivity index is 1.56. The molecule has 6 nitrogen and oxygen atoms in total. The van der Waals surface area contributed by atoms with Gasteiger partial charge in [0.05, 0.1) is 26.4 Å². The van der Waals surface area contributed by atoms with Gasteiger partial charge in [0.25, 0.3) is 0 Å². The molecule has 0 saturated carbocycles. The fraction of sp³-hybridized carbons (Fsp3) is 0.476. The van der Waals surface area contributed by atoms with Crippen LogP contribution in [0.4, 0.5) is 5.82 Å². The molecule has 1 saturated heterocycles. The number of nitrogens with zero attached hydrogens (tertiary/aromatic N) is 2. The van der Waals surface area contributed by atoms with Gasteiger partial charge in [0.2, 0.25) is 0 Å². The van der Waals surface area contributed by atoms with E-state index < -0.39 is 0 Å². The van der Waals surface area contributed by atoms with Gasteiger partial charge in [-0.25, -0.2) is 4.98 Å². The summed E-state index contributed by atoms with van der Waals surface area (Å²) in [5.41, 5.74) is 2.38. The van der Waals surface area contributed by atoms with Crippen LogP contribution in [0.3, 0.4) is 0 Å². The quantitative estimate of drug-likeness (QED) is 0.770. The fourth-order valence-corrected chi connectivity index (χ4v) is 3.06. The van der Waals surface area contributed by atoms with E-state index >= 15 is 0 Å². The van der Waals surface area contributed by atoms with Gasteiger partial charge in [0.1, 0.15) is 5.82 Å². The topological polar surface area (TPSA) is 55.9 Å². The van der Waals surface area contributed by atoms with Crippen molar-refractivity contribution in [3.05, 3.63) is 47.7 Å². The molecular weight excluding hydrogens is 342 g/mol. The van der Waals surface area contributed by atoms with Crippen LogP contribution in [0, 0.1) is 0 Å². The minimum absolute atomic E-state index is 0.121. The second kappa shape index (κ2) is 9.58. The van der Waals surface area contributed by atoms with E-state index in [1.807, 2.05) is 32.2 Å². The molecule has 1 N–H and O–H groups in total. The van der Waals surface area contributed by atoms with E-state index in [0.717, 1.165) is 62.3 Å². The van der Waals surface area contributed by atoms with Gasteiger partial charge >= 0.3 is 0 Å². The highest BCUT2D eigenvalue weighted by Gasteiger charge is 2.12. The third-order valence-electron chi connectivity index (χ3n) is 4.39. The van der Waals surface area contributed by atoms with Crippen molar-refractivity contribution >= 4 is 5.82 Å². The molecule has 3 rings (SSSR count). The minimum Gasteiger partial charge on any atom is -0.493 e. The first kappa shape index (κ1) is 19.5. The van der Waals surface area contributed by atoms with E-state index in [4.69, 9.17) is 14.2 Å². The van der Waals surface area contributed by atoms with Gasteiger partial charge in [0.15, 0.2) is 11.5 Å². The first-order chi connectivity index (χ1) is 13.2. The van der Waals surface area contributed by atoms with Crippen LogP contribution in [0.15, 0.2) is 36.5 Å². The van der Waals surface area contributed by atoms with Gasteiger partial charge in [-0.1, -0.05) is 6.07 Å². The van der Waals surface area contributed by atoms with Crippen LogP contribution in [-0.4, -0.2) is 44.5 Å². The molecular formula is C21H29N3O3. The lowest BCUT2D eigenvalue weighted by atomic mass is 10.2. The number of morpholine rings is 1. The highest BCUT2D eigenvalue weighted by Crippen LogP contribution is 2.29. The maximum Gasteiger partial charge on any atom is 0.161 e. The average molecular weight is 371 g/mol. The number of anilines is 1. The van der Waals surface area contributed by atoms with Crippen molar-refractivity contribution in [1.29, 1.82) is 0 Å². The Bertz CT molecular complexity index is 730. The minimum atomic E-state index is 0.121. The Morgan fingerprint density at radius 2 is 1.81 bits per heavy atom. The van der Waals surface area contributed by atoms with E-state index in [1.54, 1.807) is 7.11 Å². The van der Waals surface area contributed by atoms with Gasteiger partial charge in [-0.15, -0.1) is 0 Å². The van der Waals surface area contributed by atoms with Gasteiger partial charge in [-0.3, -0.25) is 0 Å². The fourth-order valence-electron chi connectivity index (χ4n) is 3.06. The summed E-state index contributed by atoms with van der Waals surface area (Å²) in [6, 6.07) is 10.3. The van der Waals surface area contributed by atoms with Crippen LogP contribution in [0.2, 0.25) is 0 Å². The van der Waals surface area contributed by atoms with Crippen molar-refractivity contribution < 1.29 is 14.2 Å². The van der Waals surface area contributed by atoms with Crippen molar-refractivity contribution in [2.45, 2.75) is 33.0 Å². The number of hydrogen-bond acceptors (Lipinski definition) is 6. The summed E-state index contributed by atoms with van der Waals surface area (Å²) in [6.45, 7) is 8.89. The zero-order valence-corrected chi connectivity index (χ0v) is 16.4. The van der Waals surface area contributed by atoms with Crippen molar-refractivity contribution in [2.24, 2.45) is 0 Å². The molecule has 1 fully saturated rings. The number of aromatic nitrogens is 1. The first-order valence-electron chi connectivity index (χ1n) is 9.47. The summed E-state index contributed by atoms with van der Waals surface area (Å²) < 4.78 is 16.6. The molecule has 0 unspecified atom stereocenters. The molecule has 146 valence electrons. The van der Waals surface area contributed by atoms with Crippen molar-refractivity contribution in [3.63, 3.8) is 0 Å². The van der Waals surface area contributed by atoms with Crippen molar-refractivity contribution in [3.8, 4) is 11.5 Å². The summed E-state index contributed by atoms with van der Waals surface area (Å²) >= 11 is 0. The first-order valence-corrected chi connectivity index (χ1v) is 9.47. The van der Waals surface area contributed by atoms with E-state index in [1.165, 1.54) is 5.56 Å². The maximum absolute atomic E-state index is 5.77. The van der Waals surface area contributed by atoms with Crippen LogP contribution in [0.5, 0.6) is 11.5 Å². The second-order valence-electron chi connectivity index (χ2n) is 6.88. The lowest BCUT2D eigenvalue weighted by Crippen LogP contribution is -2.36. The van der Waals surface area contributed by atoms with E-state index in [2.05, 4.69) is 33.4 Å². The molecule has 1 aliphatic rings. The monoisotopic (exact) mass is 371 g/mol. The predicted molar refractivity (Wildman–Crippen MR) is 107 cm³/mol. The SMILES string of the molecule is COc1cc(CNCc2ccnc(N3CCOCC3)c2)ccc1OC(C)C. The van der Waals surface area contributed by atoms with Gasteiger partial charge < -0.3 is 24.4 Å². The Hall–Kier alpha value is -2.31. The molecule has 0 aliphatic carbocycles. The van der Waals surface area contributed by atoms with Gasteiger partial charge in [-0.05, 0) is 49.2 Å². The summed E-state index contributed by atoms with van der Waals surface area (Å²) in [4.78, 5) is 6.77. The van der Waals surface area contributed by atoms with Crippen LogP contribution in [-0.2, 0) is 17.8 Å². The summed E-state index contributed by atoms with van der Waals surface area (Å²) in [6.07, 6.45) is 2.00. The molecule has 27 heavy (non-hydrogen) atoms.